The predicted molar refractivity (Wildman–Crippen MR) is 75.2 cm³/mol. The summed E-state index contributed by atoms with van der Waals surface area (Å²) in [6.45, 7) is 8.70. The molecular weight excluding hydrogens is 265 g/mol. The van der Waals surface area contributed by atoms with Gasteiger partial charge in [-0.15, -0.1) is 0 Å². The molecule has 0 bridgehead atoms. The van der Waals surface area contributed by atoms with Crippen LogP contribution in [0.5, 0.6) is 0 Å². The Morgan fingerprint density at radius 1 is 1.20 bits per heavy atom. The van der Waals surface area contributed by atoms with Crippen LogP contribution in [0.15, 0.2) is 24.3 Å². The molecule has 2 N–H and O–H groups in total. The standard InChI is InChI=1S/C15H23F3N2/c1-4-20(11-14(2,3)10-19)9-12-6-5-7-13(8-12)15(16,17)18/h5-8H,4,9-11,19H2,1-3H3. The maximum Gasteiger partial charge on any atom is 0.416 e. The van der Waals surface area contributed by atoms with Crippen LogP contribution in [-0.2, 0) is 12.7 Å². The van der Waals surface area contributed by atoms with Gasteiger partial charge in [0, 0.05) is 13.1 Å². The smallest absolute Gasteiger partial charge is 0.330 e. The van der Waals surface area contributed by atoms with E-state index in [4.69, 9.17) is 5.73 Å². The van der Waals surface area contributed by atoms with Gasteiger partial charge in [-0.05, 0) is 30.1 Å². The van der Waals surface area contributed by atoms with Crippen molar-refractivity contribution in [1.82, 2.24) is 4.90 Å². The third kappa shape index (κ3) is 5.13. The van der Waals surface area contributed by atoms with Crippen LogP contribution in [0.4, 0.5) is 13.2 Å². The maximum absolute atomic E-state index is 12.7. The van der Waals surface area contributed by atoms with Crippen LogP contribution in [0.3, 0.4) is 0 Å². The molecule has 0 aliphatic heterocycles. The number of nitrogens with two attached hydrogens (primary N) is 1. The molecule has 0 radical (unpaired) electrons. The van der Waals surface area contributed by atoms with Gasteiger partial charge >= 0.3 is 6.18 Å². The predicted octanol–water partition coefficient (Wildman–Crippen LogP) is 3.51. The first-order chi connectivity index (χ1) is 9.18. The van der Waals surface area contributed by atoms with Gasteiger partial charge in [-0.1, -0.05) is 39.0 Å². The number of rotatable bonds is 6. The van der Waals surface area contributed by atoms with Crippen molar-refractivity contribution in [3.8, 4) is 0 Å². The number of alkyl halides is 3. The summed E-state index contributed by atoms with van der Waals surface area (Å²) < 4.78 is 38.0. The van der Waals surface area contributed by atoms with Crippen molar-refractivity contribution >= 4 is 0 Å². The van der Waals surface area contributed by atoms with Crippen molar-refractivity contribution in [2.45, 2.75) is 33.5 Å². The van der Waals surface area contributed by atoms with Gasteiger partial charge in [0.25, 0.3) is 0 Å². The Kier molecular flexibility index (Phi) is 5.59. The number of hydrogen-bond donors (Lipinski definition) is 1. The third-order valence-electron chi connectivity index (χ3n) is 3.31. The molecule has 5 heteroatoms. The maximum atomic E-state index is 12.7. The third-order valence-corrected chi connectivity index (χ3v) is 3.31. The van der Waals surface area contributed by atoms with E-state index in [0.29, 0.717) is 18.7 Å². The molecule has 0 saturated heterocycles. The molecule has 2 nitrogen and oxygen atoms in total. The quantitative estimate of drug-likeness (QED) is 0.868. The lowest BCUT2D eigenvalue weighted by Crippen LogP contribution is -2.38. The fourth-order valence-electron chi connectivity index (χ4n) is 2.05. The van der Waals surface area contributed by atoms with Crippen LogP contribution >= 0.6 is 0 Å². The second-order valence-electron chi connectivity index (χ2n) is 5.87. The van der Waals surface area contributed by atoms with E-state index in [0.717, 1.165) is 19.2 Å². The minimum atomic E-state index is -4.29. The van der Waals surface area contributed by atoms with E-state index in [2.05, 4.69) is 18.7 Å². The summed E-state index contributed by atoms with van der Waals surface area (Å²) in [6, 6.07) is 5.51. The SMILES string of the molecule is CCN(Cc1cccc(C(F)(F)F)c1)CC(C)(C)CN. The Bertz CT molecular complexity index is 427. The monoisotopic (exact) mass is 288 g/mol. The number of halogens is 3. The molecule has 1 aromatic carbocycles. The average Bonchev–Trinajstić information content (AvgIpc) is 2.37. The van der Waals surface area contributed by atoms with Crippen molar-refractivity contribution in [2.75, 3.05) is 19.6 Å². The molecule has 0 amide bonds. The molecule has 1 aromatic rings. The molecule has 0 unspecified atom stereocenters. The van der Waals surface area contributed by atoms with Crippen molar-refractivity contribution in [3.05, 3.63) is 35.4 Å². The summed E-state index contributed by atoms with van der Waals surface area (Å²) in [6.07, 6.45) is -4.29. The normalized spacial score (nSPS) is 13.0. The zero-order valence-electron chi connectivity index (χ0n) is 12.3. The molecule has 0 saturated carbocycles. The van der Waals surface area contributed by atoms with Crippen LogP contribution in [0, 0.1) is 5.41 Å². The number of nitrogens with zero attached hydrogens (tertiary/aromatic N) is 1. The Balaban J connectivity index is 2.81. The van der Waals surface area contributed by atoms with E-state index in [-0.39, 0.29) is 5.41 Å². The fourth-order valence-corrected chi connectivity index (χ4v) is 2.05. The highest BCUT2D eigenvalue weighted by Crippen LogP contribution is 2.30. The van der Waals surface area contributed by atoms with Crippen molar-refractivity contribution < 1.29 is 13.2 Å². The van der Waals surface area contributed by atoms with Crippen LogP contribution in [0.25, 0.3) is 0 Å². The summed E-state index contributed by atoms with van der Waals surface area (Å²) in [5.74, 6) is 0. The molecule has 0 aromatic heterocycles. The summed E-state index contributed by atoms with van der Waals surface area (Å²) in [7, 11) is 0. The fraction of sp³-hybridized carbons (Fsp3) is 0.600. The Labute approximate surface area is 118 Å². The summed E-state index contributed by atoms with van der Waals surface area (Å²) >= 11 is 0. The van der Waals surface area contributed by atoms with Crippen LogP contribution in [0.1, 0.15) is 31.9 Å². The van der Waals surface area contributed by atoms with E-state index in [9.17, 15) is 13.2 Å². The lowest BCUT2D eigenvalue weighted by atomic mass is 9.93. The lowest BCUT2D eigenvalue weighted by molar-refractivity contribution is -0.137. The minimum absolute atomic E-state index is 0.0440. The van der Waals surface area contributed by atoms with E-state index >= 15 is 0 Å². The molecule has 0 aliphatic rings. The zero-order chi connectivity index (χ0) is 15.4. The highest BCUT2D eigenvalue weighted by molar-refractivity contribution is 5.25. The largest absolute Gasteiger partial charge is 0.416 e. The topological polar surface area (TPSA) is 29.3 Å². The first-order valence-corrected chi connectivity index (χ1v) is 6.76. The first kappa shape index (κ1) is 17.0. The van der Waals surface area contributed by atoms with Gasteiger partial charge in [0.15, 0.2) is 0 Å². The van der Waals surface area contributed by atoms with E-state index in [1.165, 1.54) is 12.1 Å². The van der Waals surface area contributed by atoms with Gasteiger partial charge < -0.3 is 5.73 Å². The highest BCUT2D eigenvalue weighted by atomic mass is 19.4. The van der Waals surface area contributed by atoms with E-state index in [1.54, 1.807) is 6.07 Å². The number of hydrogen-bond acceptors (Lipinski definition) is 2. The molecule has 114 valence electrons. The molecule has 0 spiro atoms. The summed E-state index contributed by atoms with van der Waals surface area (Å²) in [4.78, 5) is 2.11. The first-order valence-electron chi connectivity index (χ1n) is 6.76. The average molecular weight is 288 g/mol. The van der Waals surface area contributed by atoms with Gasteiger partial charge in [-0.25, -0.2) is 0 Å². The van der Waals surface area contributed by atoms with Gasteiger partial charge in [-0.2, -0.15) is 13.2 Å². The number of benzene rings is 1. The highest BCUT2D eigenvalue weighted by Gasteiger charge is 2.30. The van der Waals surface area contributed by atoms with Crippen molar-refractivity contribution in [1.29, 1.82) is 0 Å². The van der Waals surface area contributed by atoms with Crippen molar-refractivity contribution in [3.63, 3.8) is 0 Å². The Morgan fingerprint density at radius 2 is 1.85 bits per heavy atom. The minimum Gasteiger partial charge on any atom is -0.330 e. The van der Waals surface area contributed by atoms with Crippen LogP contribution < -0.4 is 5.73 Å². The van der Waals surface area contributed by atoms with Gasteiger partial charge in [0.1, 0.15) is 0 Å². The lowest BCUT2D eigenvalue weighted by Gasteiger charge is -2.31. The molecule has 0 aliphatic carbocycles. The molecular formula is C15H23F3N2. The molecule has 0 atom stereocenters. The van der Waals surface area contributed by atoms with Crippen LogP contribution in [-0.4, -0.2) is 24.5 Å². The molecule has 1 rings (SSSR count). The van der Waals surface area contributed by atoms with Crippen molar-refractivity contribution in [2.24, 2.45) is 11.1 Å². The molecule has 0 fully saturated rings. The second-order valence-corrected chi connectivity index (χ2v) is 5.87. The van der Waals surface area contributed by atoms with E-state index in [1.807, 2.05) is 6.92 Å². The zero-order valence-corrected chi connectivity index (χ0v) is 12.3. The van der Waals surface area contributed by atoms with Gasteiger partial charge in [0.05, 0.1) is 5.56 Å². The summed E-state index contributed by atoms with van der Waals surface area (Å²) in [5.41, 5.74) is 5.75. The Hall–Kier alpha value is -1.07. The van der Waals surface area contributed by atoms with E-state index < -0.39 is 11.7 Å². The Morgan fingerprint density at radius 3 is 2.35 bits per heavy atom. The molecule has 0 heterocycles. The van der Waals surface area contributed by atoms with Crippen LogP contribution in [0.2, 0.25) is 0 Å². The van der Waals surface area contributed by atoms with Gasteiger partial charge in [0.2, 0.25) is 0 Å². The molecule has 20 heavy (non-hydrogen) atoms. The second kappa shape index (κ2) is 6.59. The van der Waals surface area contributed by atoms with Gasteiger partial charge in [-0.3, -0.25) is 4.90 Å². The summed E-state index contributed by atoms with van der Waals surface area (Å²) in [5, 5.41) is 0.